The van der Waals surface area contributed by atoms with Gasteiger partial charge in [0.2, 0.25) is 5.91 Å². The van der Waals surface area contributed by atoms with Crippen LogP contribution in [0.1, 0.15) is 28.9 Å². The van der Waals surface area contributed by atoms with Gasteiger partial charge in [0.15, 0.2) is 0 Å². The van der Waals surface area contributed by atoms with Crippen molar-refractivity contribution in [2.75, 3.05) is 7.05 Å². The summed E-state index contributed by atoms with van der Waals surface area (Å²) >= 11 is 0. The average Bonchev–Trinajstić information content (AvgIpc) is 3.29. The number of carbonyl (C=O) groups is 1. The van der Waals surface area contributed by atoms with Gasteiger partial charge in [0, 0.05) is 32.3 Å². The van der Waals surface area contributed by atoms with Crippen molar-refractivity contribution >= 4 is 5.91 Å². The molecule has 4 heteroatoms. The van der Waals surface area contributed by atoms with Crippen LogP contribution in [-0.2, 0) is 16.8 Å². The van der Waals surface area contributed by atoms with Crippen molar-refractivity contribution in [1.82, 2.24) is 14.9 Å². The molecule has 150 valence electrons. The lowest BCUT2D eigenvalue weighted by Gasteiger charge is -2.38. The highest BCUT2D eigenvalue weighted by molar-refractivity contribution is 5.75. The third-order valence-corrected chi connectivity index (χ3v) is 5.51. The largest absolute Gasteiger partial charge is 0.359 e. The van der Waals surface area contributed by atoms with Crippen LogP contribution < -0.4 is 5.32 Å². The minimum Gasteiger partial charge on any atom is -0.359 e. The quantitative estimate of drug-likeness (QED) is 0.472. The van der Waals surface area contributed by atoms with E-state index >= 15 is 0 Å². The number of rotatable bonds is 7. The van der Waals surface area contributed by atoms with Gasteiger partial charge in [-0.2, -0.15) is 0 Å². The Morgan fingerprint density at radius 1 is 0.833 bits per heavy atom. The summed E-state index contributed by atoms with van der Waals surface area (Å²) in [5.74, 6) is 0.879. The maximum atomic E-state index is 11.9. The van der Waals surface area contributed by atoms with Crippen molar-refractivity contribution in [2.45, 2.75) is 18.4 Å². The van der Waals surface area contributed by atoms with Crippen LogP contribution in [-0.4, -0.2) is 22.5 Å². The molecule has 4 nitrogen and oxygen atoms in total. The summed E-state index contributed by atoms with van der Waals surface area (Å²) in [6.07, 6.45) is 4.79. The van der Waals surface area contributed by atoms with Crippen LogP contribution in [0.15, 0.2) is 103 Å². The Morgan fingerprint density at radius 2 is 1.30 bits per heavy atom. The zero-order chi connectivity index (χ0) is 20.8. The number of carbonyl (C=O) groups excluding carboxylic acids is 1. The molecule has 30 heavy (non-hydrogen) atoms. The lowest BCUT2D eigenvalue weighted by Crippen LogP contribution is -2.38. The predicted molar refractivity (Wildman–Crippen MR) is 119 cm³/mol. The van der Waals surface area contributed by atoms with E-state index in [0.29, 0.717) is 12.8 Å². The Kier molecular flexibility index (Phi) is 5.75. The molecule has 0 aliphatic rings. The van der Waals surface area contributed by atoms with Gasteiger partial charge in [0.05, 0.1) is 0 Å². The van der Waals surface area contributed by atoms with Gasteiger partial charge in [0.25, 0.3) is 0 Å². The molecule has 0 radical (unpaired) electrons. The average molecular weight is 396 g/mol. The molecule has 1 amide bonds. The Labute approximate surface area is 177 Å². The normalized spacial score (nSPS) is 11.2. The first kappa shape index (κ1) is 19.6. The van der Waals surface area contributed by atoms with Crippen LogP contribution in [0.4, 0.5) is 0 Å². The van der Waals surface area contributed by atoms with Gasteiger partial charge >= 0.3 is 0 Å². The molecule has 0 aliphatic carbocycles. The van der Waals surface area contributed by atoms with E-state index < -0.39 is 5.54 Å². The third kappa shape index (κ3) is 3.52. The number of nitrogens with zero attached hydrogens (tertiary/aromatic N) is 2. The second-order valence-electron chi connectivity index (χ2n) is 7.20. The van der Waals surface area contributed by atoms with Crippen LogP contribution >= 0.6 is 0 Å². The summed E-state index contributed by atoms with van der Waals surface area (Å²) in [7, 11) is 1.66. The highest BCUT2D eigenvalue weighted by atomic mass is 16.1. The standard InChI is InChI=1S/C26H25N3O/c1-27-25(30)18-17-24-28-19-20-29(24)26(21-11-5-2-6-12-21,22-13-7-3-8-14-22)23-15-9-4-10-16-23/h2-16,19-20H,17-18H2,1H3,(H,27,30). The van der Waals surface area contributed by atoms with E-state index in [4.69, 9.17) is 0 Å². The van der Waals surface area contributed by atoms with Crippen LogP contribution in [0.3, 0.4) is 0 Å². The molecule has 4 aromatic rings. The van der Waals surface area contributed by atoms with Gasteiger partial charge in [-0.25, -0.2) is 4.98 Å². The second kappa shape index (κ2) is 8.78. The molecule has 0 aliphatic heterocycles. The fraction of sp³-hybridized carbons (Fsp3) is 0.154. The summed E-state index contributed by atoms with van der Waals surface area (Å²) in [6, 6.07) is 31.4. The number of imidazole rings is 1. The van der Waals surface area contributed by atoms with Crippen molar-refractivity contribution in [3.63, 3.8) is 0 Å². The van der Waals surface area contributed by atoms with Gasteiger partial charge in [-0.3, -0.25) is 4.79 Å². The number of benzene rings is 3. The number of amides is 1. The van der Waals surface area contributed by atoms with E-state index in [-0.39, 0.29) is 5.91 Å². The lowest BCUT2D eigenvalue weighted by atomic mass is 9.76. The summed E-state index contributed by atoms with van der Waals surface area (Å²) in [4.78, 5) is 16.6. The number of hydrogen-bond donors (Lipinski definition) is 1. The molecule has 0 unspecified atom stereocenters. The van der Waals surface area contributed by atoms with Gasteiger partial charge in [-0.05, 0) is 16.7 Å². The zero-order valence-corrected chi connectivity index (χ0v) is 17.0. The third-order valence-electron chi connectivity index (χ3n) is 5.51. The van der Waals surface area contributed by atoms with Crippen molar-refractivity contribution < 1.29 is 4.79 Å². The highest BCUT2D eigenvalue weighted by Crippen LogP contribution is 2.41. The van der Waals surface area contributed by atoms with Gasteiger partial charge in [-0.15, -0.1) is 0 Å². The fourth-order valence-corrected chi connectivity index (χ4v) is 4.13. The first-order valence-corrected chi connectivity index (χ1v) is 10.2. The van der Waals surface area contributed by atoms with Gasteiger partial charge in [0.1, 0.15) is 11.4 Å². The molecule has 1 heterocycles. The second-order valence-corrected chi connectivity index (χ2v) is 7.20. The first-order chi connectivity index (χ1) is 14.8. The summed E-state index contributed by atoms with van der Waals surface area (Å²) in [5.41, 5.74) is 2.82. The van der Waals surface area contributed by atoms with E-state index in [1.807, 2.05) is 30.6 Å². The monoisotopic (exact) mass is 395 g/mol. The van der Waals surface area contributed by atoms with E-state index in [2.05, 4.69) is 87.7 Å². The van der Waals surface area contributed by atoms with Crippen molar-refractivity contribution in [1.29, 1.82) is 0 Å². The van der Waals surface area contributed by atoms with E-state index in [1.54, 1.807) is 7.05 Å². The molecule has 1 N–H and O–H groups in total. The van der Waals surface area contributed by atoms with Crippen LogP contribution in [0, 0.1) is 0 Å². The van der Waals surface area contributed by atoms with Crippen molar-refractivity contribution in [3.8, 4) is 0 Å². The smallest absolute Gasteiger partial charge is 0.220 e. The number of aromatic nitrogens is 2. The van der Waals surface area contributed by atoms with E-state index in [9.17, 15) is 4.79 Å². The molecule has 1 aromatic heterocycles. The minimum atomic E-state index is -0.599. The summed E-state index contributed by atoms with van der Waals surface area (Å²) in [6.45, 7) is 0. The molecule has 0 bridgehead atoms. The summed E-state index contributed by atoms with van der Waals surface area (Å²) in [5, 5.41) is 2.70. The van der Waals surface area contributed by atoms with Crippen molar-refractivity contribution in [3.05, 3.63) is 126 Å². The topological polar surface area (TPSA) is 46.9 Å². The minimum absolute atomic E-state index is 0.00860. The molecule has 0 fully saturated rings. The lowest BCUT2D eigenvalue weighted by molar-refractivity contribution is -0.120. The SMILES string of the molecule is CNC(=O)CCc1nccn1C(c1ccccc1)(c1ccccc1)c1ccccc1. The predicted octanol–water partition coefficient (Wildman–Crippen LogP) is 4.40. The van der Waals surface area contributed by atoms with Crippen LogP contribution in [0.25, 0.3) is 0 Å². The molecule has 0 saturated carbocycles. The highest BCUT2D eigenvalue weighted by Gasteiger charge is 2.39. The molecule has 3 aromatic carbocycles. The van der Waals surface area contributed by atoms with Crippen LogP contribution in [0.5, 0.6) is 0 Å². The number of hydrogen-bond acceptors (Lipinski definition) is 2. The molecular weight excluding hydrogens is 370 g/mol. The molecular formula is C26H25N3O. The molecule has 4 rings (SSSR count). The number of aryl methyl sites for hydroxylation is 1. The Bertz CT molecular complexity index is 992. The van der Waals surface area contributed by atoms with Crippen LogP contribution in [0.2, 0.25) is 0 Å². The number of nitrogens with one attached hydrogen (secondary N) is 1. The zero-order valence-electron chi connectivity index (χ0n) is 17.0. The Balaban J connectivity index is 2.00. The first-order valence-electron chi connectivity index (χ1n) is 10.2. The fourth-order valence-electron chi connectivity index (χ4n) is 4.13. The van der Waals surface area contributed by atoms with Crippen molar-refractivity contribution in [2.24, 2.45) is 0 Å². The Morgan fingerprint density at radius 3 is 1.73 bits per heavy atom. The van der Waals surface area contributed by atoms with Gasteiger partial charge < -0.3 is 9.88 Å². The van der Waals surface area contributed by atoms with E-state index in [0.717, 1.165) is 22.5 Å². The molecule has 0 spiro atoms. The van der Waals surface area contributed by atoms with Gasteiger partial charge in [-0.1, -0.05) is 91.0 Å². The maximum absolute atomic E-state index is 11.9. The molecule has 0 atom stereocenters. The Hall–Kier alpha value is -3.66. The summed E-state index contributed by atoms with van der Waals surface area (Å²) < 4.78 is 2.22. The van der Waals surface area contributed by atoms with E-state index in [1.165, 1.54) is 0 Å². The maximum Gasteiger partial charge on any atom is 0.220 e. The molecule has 0 saturated heterocycles.